The van der Waals surface area contributed by atoms with Crippen LogP contribution >= 0.6 is 31.9 Å². The molecular weight excluding hydrogens is 410 g/mol. The second-order valence-corrected chi connectivity index (χ2v) is 7.28. The molecule has 1 saturated heterocycles. The summed E-state index contributed by atoms with van der Waals surface area (Å²) in [5.41, 5.74) is 6.57. The number of imidazole rings is 1. The molecule has 0 bridgehead atoms. The second kappa shape index (κ2) is 5.61. The van der Waals surface area contributed by atoms with Crippen molar-refractivity contribution in [2.24, 2.45) is 0 Å². The molecule has 0 radical (unpaired) electrons. The van der Waals surface area contributed by atoms with Crippen molar-refractivity contribution in [1.29, 1.82) is 0 Å². The number of aliphatic hydroxyl groups is 2. The van der Waals surface area contributed by atoms with E-state index in [1.807, 2.05) is 0 Å². The highest BCUT2D eigenvalue weighted by atomic mass is 79.9. The lowest BCUT2D eigenvalue weighted by molar-refractivity contribution is -0.0244. The fourth-order valence-corrected chi connectivity index (χ4v) is 2.75. The summed E-state index contributed by atoms with van der Waals surface area (Å²) in [6.45, 7) is 0. The Morgan fingerprint density at radius 1 is 1.29 bits per heavy atom. The zero-order valence-corrected chi connectivity index (χ0v) is 13.6. The predicted octanol–water partition coefficient (Wildman–Crippen LogP) is 0.659. The van der Waals surface area contributed by atoms with Crippen LogP contribution in [0.5, 0.6) is 0 Å². The molecule has 10 heteroatoms. The number of aliphatic hydroxyl groups excluding tert-OH is 2. The van der Waals surface area contributed by atoms with E-state index < -0.39 is 24.5 Å². The normalized spacial score (nSPS) is 29.0. The van der Waals surface area contributed by atoms with Crippen molar-refractivity contribution in [2.45, 2.75) is 24.5 Å². The molecule has 8 nitrogen and oxygen atoms in total. The monoisotopic (exact) mass is 419 g/mol. The molecule has 4 N–H and O–H groups in total. The summed E-state index contributed by atoms with van der Waals surface area (Å²) in [5, 5.41) is 20.2. The minimum absolute atomic E-state index is 0.242. The standard InChI is InChI=1S/C11H11Br2N5O3/c12-5(13)1-4-7(19)8(20)11(21-4)18-3-17-6-9(14)15-2-16-10(6)18/h1-4,7-8,11,19-20H,(H2,14,15,16)/t4-,7-,8-,11?/m1/s1. The van der Waals surface area contributed by atoms with Gasteiger partial charge in [0.05, 0.1) is 9.72 Å². The van der Waals surface area contributed by atoms with Gasteiger partial charge in [-0.25, -0.2) is 15.0 Å². The van der Waals surface area contributed by atoms with E-state index in [1.165, 1.54) is 17.2 Å². The molecule has 0 amide bonds. The Kier molecular flexibility index (Phi) is 3.97. The van der Waals surface area contributed by atoms with Gasteiger partial charge in [-0.15, -0.1) is 0 Å². The Balaban J connectivity index is 2.00. The Morgan fingerprint density at radius 3 is 2.76 bits per heavy atom. The van der Waals surface area contributed by atoms with E-state index >= 15 is 0 Å². The molecule has 0 saturated carbocycles. The van der Waals surface area contributed by atoms with E-state index in [4.69, 9.17) is 10.5 Å². The molecule has 0 spiro atoms. The van der Waals surface area contributed by atoms with E-state index in [9.17, 15) is 10.2 Å². The van der Waals surface area contributed by atoms with Crippen LogP contribution < -0.4 is 5.73 Å². The lowest BCUT2D eigenvalue weighted by Gasteiger charge is -2.16. The quantitative estimate of drug-likeness (QED) is 0.652. The number of halogens is 2. The fourth-order valence-electron chi connectivity index (χ4n) is 2.23. The van der Waals surface area contributed by atoms with E-state index in [2.05, 4.69) is 46.8 Å². The van der Waals surface area contributed by atoms with Crippen LogP contribution in [0.1, 0.15) is 6.23 Å². The molecular formula is C11H11Br2N5O3. The predicted molar refractivity (Wildman–Crippen MR) is 81.6 cm³/mol. The first-order valence-corrected chi connectivity index (χ1v) is 7.55. The minimum Gasteiger partial charge on any atom is -0.387 e. The third-order valence-corrected chi connectivity index (χ3v) is 3.76. The van der Waals surface area contributed by atoms with Crippen LogP contribution in [0.3, 0.4) is 0 Å². The first kappa shape index (κ1) is 14.9. The van der Waals surface area contributed by atoms with Gasteiger partial charge < -0.3 is 20.7 Å². The topological polar surface area (TPSA) is 119 Å². The van der Waals surface area contributed by atoms with Crippen molar-refractivity contribution in [3.63, 3.8) is 0 Å². The third-order valence-electron chi connectivity index (χ3n) is 3.23. The fraction of sp³-hybridized carbons (Fsp3) is 0.364. The van der Waals surface area contributed by atoms with Crippen molar-refractivity contribution in [1.82, 2.24) is 19.5 Å². The number of anilines is 1. The highest BCUT2D eigenvalue weighted by Crippen LogP contribution is 2.33. The average Bonchev–Trinajstić information content (AvgIpc) is 2.96. The van der Waals surface area contributed by atoms with Crippen LogP contribution in [-0.4, -0.2) is 48.0 Å². The van der Waals surface area contributed by atoms with E-state index in [0.29, 0.717) is 14.6 Å². The van der Waals surface area contributed by atoms with Crippen LogP contribution in [0, 0.1) is 0 Å². The summed E-state index contributed by atoms with van der Waals surface area (Å²) in [4.78, 5) is 12.1. The first-order chi connectivity index (χ1) is 9.99. The molecule has 1 aliphatic rings. The average molecular weight is 421 g/mol. The SMILES string of the molecule is Nc1ncnc2c1ncn2C1O[C@H](C=C(Br)Br)[C@@H](O)[C@H]1O. The molecule has 21 heavy (non-hydrogen) atoms. The minimum atomic E-state index is -1.13. The van der Waals surface area contributed by atoms with Crippen molar-refractivity contribution < 1.29 is 14.9 Å². The van der Waals surface area contributed by atoms with Crippen LogP contribution in [0.4, 0.5) is 5.82 Å². The number of hydrogen-bond donors (Lipinski definition) is 3. The molecule has 1 unspecified atom stereocenters. The molecule has 2 aromatic rings. The summed E-state index contributed by atoms with van der Waals surface area (Å²) >= 11 is 6.40. The number of hydrogen-bond acceptors (Lipinski definition) is 7. The van der Waals surface area contributed by atoms with Crippen LogP contribution in [0.25, 0.3) is 11.2 Å². The number of rotatable bonds is 2. The Morgan fingerprint density at radius 2 is 2.05 bits per heavy atom. The summed E-state index contributed by atoms with van der Waals surface area (Å²) in [5.74, 6) is 0.242. The molecule has 3 rings (SSSR count). The lowest BCUT2D eigenvalue weighted by atomic mass is 10.1. The number of nitrogens with zero attached hydrogens (tertiary/aromatic N) is 4. The molecule has 0 aromatic carbocycles. The Hall–Kier alpha value is -1.07. The van der Waals surface area contributed by atoms with E-state index in [1.54, 1.807) is 6.08 Å². The molecule has 4 atom stereocenters. The highest BCUT2D eigenvalue weighted by molar-refractivity contribution is 9.28. The van der Waals surface area contributed by atoms with Gasteiger partial charge in [-0.1, -0.05) is 0 Å². The van der Waals surface area contributed by atoms with Crippen LogP contribution in [0.2, 0.25) is 0 Å². The summed E-state index contributed by atoms with van der Waals surface area (Å²) in [7, 11) is 0. The molecule has 112 valence electrons. The molecule has 1 fully saturated rings. The first-order valence-electron chi connectivity index (χ1n) is 5.96. The van der Waals surface area contributed by atoms with Crippen molar-refractivity contribution in [3.8, 4) is 0 Å². The van der Waals surface area contributed by atoms with Crippen molar-refractivity contribution in [2.75, 3.05) is 5.73 Å². The molecule has 3 heterocycles. The van der Waals surface area contributed by atoms with Gasteiger partial charge in [-0.2, -0.15) is 0 Å². The molecule has 0 aliphatic carbocycles. The Labute approximate surface area is 135 Å². The van der Waals surface area contributed by atoms with Gasteiger partial charge in [0.15, 0.2) is 17.7 Å². The third kappa shape index (κ3) is 2.57. The van der Waals surface area contributed by atoms with E-state index in [-0.39, 0.29) is 5.82 Å². The number of ether oxygens (including phenoxy) is 1. The molecule has 2 aromatic heterocycles. The van der Waals surface area contributed by atoms with Gasteiger partial charge in [0.1, 0.15) is 30.2 Å². The van der Waals surface area contributed by atoms with Gasteiger partial charge in [0.2, 0.25) is 0 Å². The summed E-state index contributed by atoms with van der Waals surface area (Å²) in [6.07, 6.45) is 0.674. The van der Waals surface area contributed by atoms with Crippen LogP contribution in [0.15, 0.2) is 22.1 Å². The van der Waals surface area contributed by atoms with E-state index in [0.717, 1.165) is 0 Å². The Bertz CT molecular complexity index is 702. The number of nitrogen functional groups attached to an aromatic ring is 1. The van der Waals surface area contributed by atoms with Gasteiger partial charge in [-0.3, -0.25) is 4.57 Å². The van der Waals surface area contributed by atoms with Gasteiger partial charge in [0, 0.05) is 0 Å². The number of nitrogens with two attached hydrogens (primary N) is 1. The van der Waals surface area contributed by atoms with Crippen LogP contribution in [-0.2, 0) is 4.74 Å². The highest BCUT2D eigenvalue weighted by Gasteiger charge is 2.43. The zero-order valence-electron chi connectivity index (χ0n) is 10.5. The maximum absolute atomic E-state index is 10.2. The summed E-state index contributed by atoms with van der Waals surface area (Å²) < 4.78 is 7.82. The summed E-state index contributed by atoms with van der Waals surface area (Å²) in [6, 6.07) is 0. The largest absolute Gasteiger partial charge is 0.387 e. The van der Waals surface area contributed by atoms with Gasteiger partial charge in [-0.05, 0) is 37.9 Å². The van der Waals surface area contributed by atoms with Crippen molar-refractivity contribution >= 4 is 48.8 Å². The number of aromatic nitrogens is 4. The van der Waals surface area contributed by atoms with Gasteiger partial charge >= 0.3 is 0 Å². The zero-order chi connectivity index (χ0) is 15.1. The smallest absolute Gasteiger partial charge is 0.167 e. The second-order valence-electron chi connectivity index (χ2n) is 4.51. The van der Waals surface area contributed by atoms with Gasteiger partial charge in [0.25, 0.3) is 0 Å². The van der Waals surface area contributed by atoms with Crippen molar-refractivity contribution in [3.05, 3.63) is 22.1 Å². The molecule has 1 aliphatic heterocycles. The maximum atomic E-state index is 10.2. The number of fused-ring (bicyclic) bond motifs is 1. The maximum Gasteiger partial charge on any atom is 0.167 e. The lowest BCUT2D eigenvalue weighted by Crippen LogP contribution is -2.30.